The predicted octanol–water partition coefficient (Wildman–Crippen LogP) is 0.132. The van der Waals surface area contributed by atoms with Gasteiger partial charge >= 0.3 is 6.09 Å². The molecule has 16 heavy (non-hydrogen) atoms. The number of nitrogens with one attached hydrogen (secondary N) is 2. The number of aliphatic hydroxyl groups is 1. The average molecular weight is 230 g/mol. The first kappa shape index (κ1) is 14.4. The molecule has 6 heteroatoms. The number of carbonyl (C=O) groups excluding carboxylic acids is 2. The largest absolute Gasteiger partial charge is 0.444 e. The number of carbonyl (C=O) groups is 2. The van der Waals surface area contributed by atoms with E-state index in [4.69, 9.17) is 4.74 Å². The van der Waals surface area contributed by atoms with Crippen molar-refractivity contribution in [3.63, 3.8) is 0 Å². The topological polar surface area (TPSA) is 87.7 Å². The first-order valence-corrected chi connectivity index (χ1v) is 4.82. The smallest absolute Gasteiger partial charge is 0.407 e. The van der Waals surface area contributed by atoms with Gasteiger partial charge in [0.2, 0.25) is 5.91 Å². The zero-order valence-corrected chi connectivity index (χ0v) is 9.74. The van der Waals surface area contributed by atoms with Gasteiger partial charge in [-0.15, -0.1) is 0 Å². The average Bonchev–Trinajstić information content (AvgIpc) is 2.12. The number of amides is 2. The van der Waals surface area contributed by atoms with Gasteiger partial charge in [-0.25, -0.2) is 4.79 Å². The van der Waals surface area contributed by atoms with Crippen LogP contribution in [0.25, 0.3) is 0 Å². The number of ether oxygens (including phenoxy) is 1. The van der Waals surface area contributed by atoms with Crippen LogP contribution in [0.3, 0.4) is 0 Å². The highest BCUT2D eigenvalue weighted by Gasteiger charge is 2.16. The van der Waals surface area contributed by atoms with Gasteiger partial charge in [-0.3, -0.25) is 4.79 Å². The number of alkyl carbamates (subject to hydrolysis) is 1. The van der Waals surface area contributed by atoms with Gasteiger partial charge < -0.3 is 20.5 Å². The second kappa shape index (κ2) is 6.12. The van der Waals surface area contributed by atoms with E-state index in [1.54, 1.807) is 20.8 Å². The first-order chi connectivity index (χ1) is 7.24. The van der Waals surface area contributed by atoms with Crippen molar-refractivity contribution in [2.75, 3.05) is 6.54 Å². The van der Waals surface area contributed by atoms with Gasteiger partial charge in [0.25, 0.3) is 0 Å². The van der Waals surface area contributed by atoms with Crippen LogP contribution in [0.4, 0.5) is 4.79 Å². The molecule has 0 heterocycles. The molecule has 2 amide bonds. The van der Waals surface area contributed by atoms with E-state index in [9.17, 15) is 14.7 Å². The molecule has 0 aliphatic heterocycles. The fourth-order valence-electron chi connectivity index (χ4n) is 0.768. The third kappa shape index (κ3) is 7.81. The molecule has 0 fully saturated rings. The summed E-state index contributed by atoms with van der Waals surface area (Å²) in [7, 11) is 0. The van der Waals surface area contributed by atoms with Crippen molar-refractivity contribution in [2.45, 2.75) is 32.6 Å². The molecule has 1 unspecified atom stereocenters. The van der Waals surface area contributed by atoms with Crippen molar-refractivity contribution >= 4 is 12.0 Å². The fraction of sp³-hybridized carbons (Fsp3) is 0.600. The monoisotopic (exact) mass is 230 g/mol. The molecule has 0 aromatic heterocycles. The molecule has 0 aromatic rings. The van der Waals surface area contributed by atoms with Crippen molar-refractivity contribution < 1.29 is 19.4 Å². The molecule has 0 aliphatic rings. The molecular weight excluding hydrogens is 212 g/mol. The van der Waals surface area contributed by atoms with Crippen LogP contribution >= 0.6 is 0 Å². The lowest BCUT2D eigenvalue weighted by atomic mass is 10.2. The number of hydrogen-bond acceptors (Lipinski definition) is 4. The molecule has 0 saturated heterocycles. The Morgan fingerprint density at radius 2 is 2.06 bits per heavy atom. The standard InChI is InChI=1S/C10H18N2O4/c1-5-7(13)12-8(14)6-11-9(15)16-10(2,3)4/h5,8,14H,1,6H2,2-4H3,(H,11,15)(H,12,13). The van der Waals surface area contributed by atoms with Gasteiger partial charge in [-0.1, -0.05) is 6.58 Å². The summed E-state index contributed by atoms with van der Waals surface area (Å²) in [6.45, 7) is 8.27. The van der Waals surface area contributed by atoms with Crippen molar-refractivity contribution in [1.29, 1.82) is 0 Å². The highest BCUT2D eigenvalue weighted by Crippen LogP contribution is 2.06. The predicted molar refractivity (Wildman–Crippen MR) is 58.6 cm³/mol. The van der Waals surface area contributed by atoms with Crippen LogP contribution in [0.15, 0.2) is 12.7 Å². The minimum atomic E-state index is -1.17. The molecule has 0 aliphatic carbocycles. The van der Waals surface area contributed by atoms with Crippen LogP contribution in [0.1, 0.15) is 20.8 Å². The van der Waals surface area contributed by atoms with Crippen molar-refractivity contribution in [2.24, 2.45) is 0 Å². The lowest BCUT2D eigenvalue weighted by Crippen LogP contribution is -2.44. The Labute approximate surface area is 94.7 Å². The molecule has 0 saturated carbocycles. The molecular formula is C10H18N2O4. The van der Waals surface area contributed by atoms with E-state index in [0.29, 0.717) is 0 Å². The van der Waals surface area contributed by atoms with Crippen LogP contribution in [0, 0.1) is 0 Å². The van der Waals surface area contributed by atoms with E-state index in [1.807, 2.05) is 0 Å². The van der Waals surface area contributed by atoms with E-state index in [1.165, 1.54) is 0 Å². The number of hydrogen-bond donors (Lipinski definition) is 3. The molecule has 0 radical (unpaired) electrons. The summed E-state index contributed by atoms with van der Waals surface area (Å²) in [5.41, 5.74) is -0.598. The van der Waals surface area contributed by atoms with E-state index in [0.717, 1.165) is 6.08 Å². The first-order valence-electron chi connectivity index (χ1n) is 4.82. The van der Waals surface area contributed by atoms with Gasteiger partial charge in [0.1, 0.15) is 11.8 Å². The molecule has 3 N–H and O–H groups in total. The van der Waals surface area contributed by atoms with Crippen LogP contribution in [0.5, 0.6) is 0 Å². The van der Waals surface area contributed by atoms with E-state index < -0.39 is 23.8 Å². The lowest BCUT2D eigenvalue weighted by Gasteiger charge is -2.20. The van der Waals surface area contributed by atoms with Crippen LogP contribution in [0.2, 0.25) is 0 Å². The zero-order chi connectivity index (χ0) is 12.8. The summed E-state index contributed by atoms with van der Waals surface area (Å²) >= 11 is 0. The van der Waals surface area contributed by atoms with Gasteiger partial charge in [0, 0.05) is 0 Å². The Bertz CT molecular complexity index is 270. The van der Waals surface area contributed by atoms with E-state index >= 15 is 0 Å². The quantitative estimate of drug-likeness (QED) is 0.473. The van der Waals surface area contributed by atoms with Gasteiger partial charge in [-0.2, -0.15) is 0 Å². The highest BCUT2D eigenvalue weighted by molar-refractivity contribution is 5.86. The summed E-state index contributed by atoms with van der Waals surface area (Å²) < 4.78 is 4.93. The lowest BCUT2D eigenvalue weighted by molar-refractivity contribution is -0.119. The molecule has 0 rings (SSSR count). The maximum absolute atomic E-state index is 11.1. The van der Waals surface area contributed by atoms with E-state index in [-0.39, 0.29) is 6.54 Å². The Hall–Kier alpha value is -1.56. The van der Waals surface area contributed by atoms with Crippen LogP contribution in [-0.4, -0.2) is 35.5 Å². The molecule has 0 spiro atoms. The summed E-state index contributed by atoms with van der Waals surface area (Å²) in [6.07, 6.45) is -0.797. The fourth-order valence-corrected chi connectivity index (χ4v) is 0.768. The molecule has 92 valence electrons. The third-order valence-corrected chi connectivity index (χ3v) is 1.33. The normalized spacial score (nSPS) is 12.5. The van der Waals surface area contributed by atoms with Gasteiger partial charge in [0.05, 0.1) is 6.54 Å². The second-order valence-corrected chi connectivity index (χ2v) is 4.11. The number of rotatable bonds is 4. The second-order valence-electron chi connectivity index (χ2n) is 4.11. The van der Waals surface area contributed by atoms with Crippen molar-refractivity contribution in [3.05, 3.63) is 12.7 Å². The van der Waals surface area contributed by atoms with Gasteiger partial charge in [0.15, 0.2) is 0 Å². The molecule has 0 bridgehead atoms. The molecule has 0 aromatic carbocycles. The SMILES string of the molecule is C=CC(=O)NC(O)CNC(=O)OC(C)(C)C. The summed E-state index contributed by atoms with van der Waals surface area (Å²) in [6, 6.07) is 0. The van der Waals surface area contributed by atoms with Crippen LogP contribution in [-0.2, 0) is 9.53 Å². The minimum Gasteiger partial charge on any atom is -0.444 e. The number of aliphatic hydroxyl groups excluding tert-OH is 1. The molecule has 6 nitrogen and oxygen atoms in total. The molecule has 1 atom stereocenters. The maximum Gasteiger partial charge on any atom is 0.407 e. The Kier molecular flexibility index (Phi) is 5.52. The Balaban J connectivity index is 3.84. The minimum absolute atomic E-state index is 0.130. The Morgan fingerprint density at radius 3 is 2.50 bits per heavy atom. The highest BCUT2D eigenvalue weighted by atomic mass is 16.6. The van der Waals surface area contributed by atoms with Crippen molar-refractivity contribution in [3.8, 4) is 0 Å². The van der Waals surface area contributed by atoms with Crippen molar-refractivity contribution in [1.82, 2.24) is 10.6 Å². The third-order valence-electron chi connectivity index (χ3n) is 1.33. The summed E-state index contributed by atoms with van der Waals surface area (Å²) in [5, 5.41) is 13.7. The summed E-state index contributed by atoms with van der Waals surface area (Å²) in [4.78, 5) is 21.9. The van der Waals surface area contributed by atoms with E-state index in [2.05, 4.69) is 17.2 Å². The summed E-state index contributed by atoms with van der Waals surface area (Å²) in [5.74, 6) is -0.515. The van der Waals surface area contributed by atoms with Crippen LogP contribution < -0.4 is 10.6 Å². The zero-order valence-electron chi connectivity index (χ0n) is 9.74. The van der Waals surface area contributed by atoms with Gasteiger partial charge in [-0.05, 0) is 26.8 Å². The Morgan fingerprint density at radius 1 is 1.50 bits per heavy atom. The maximum atomic E-state index is 11.1.